The summed E-state index contributed by atoms with van der Waals surface area (Å²) in [5.74, 6) is 0.860. The highest BCUT2D eigenvalue weighted by Crippen LogP contribution is 2.16. The van der Waals surface area contributed by atoms with Crippen LogP contribution in [-0.2, 0) is 13.0 Å². The van der Waals surface area contributed by atoms with Crippen molar-refractivity contribution in [1.82, 2.24) is 10.6 Å². The third kappa shape index (κ3) is 4.65. The molecule has 0 aliphatic rings. The van der Waals surface area contributed by atoms with Crippen LogP contribution in [0.4, 0.5) is 0 Å². The standard InChI is InChI=1S/C15H21N3S2/c1-11(9-13-7-6-12(2)20-13)18-15(16-3)17-10-14-5-4-8-19-14/h4-8,11H,9-10H2,1-3H3,(H2,16,17,18). The van der Waals surface area contributed by atoms with Crippen LogP contribution in [-0.4, -0.2) is 19.0 Å². The van der Waals surface area contributed by atoms with E-state index in [0.29, 0.717) is 6.04 Å². The van der Waals surface area contributed by atoms with E-state index in [2.05, 4.69) is 59.1 Å². The van der Waals surface area contributed by atoms with E-state index in [0.717, 1.165) is 18.9 Å². The van der Waals surface area contributed by atoms with Crippen LogP contribution in [0.1, 0.15) is 21.6 Å². The summed E-state index contributed by atoms with van der Waals surface area (Å²) in [5, 5.41) is 8.88. The predicted octanol–water partition coefficient (Wildman–Crippen LogP) is 3.41. The molecular weight excluding hydrogens is 286 g/mol. The quantitative estimate of drug-likeness (QED) is 0.656. The molecule has 0 amide bonds. The average Bonchev–Trinajstić information content (AvgIpc) is 3.06. The number of aryl methyl sites for hydroxylation is 1. The van der Waals surface area contributed by atoms with E-state index >= 15 is 0 Å². The Balaban J connectivity index is 1.80. The molecule has 0 saturated heterocycles. The fourth-order valence-corrected chi connectivity index (χ4v) is 3.62. The van der Waals surface area contributed by atoms with Crippen LogP contribution in [0.25, 0.3) is 0 Å². The lowest BCUT2D eigenvalue weighted by molar-refractivity contribution is 0.645. The molecule has 0 aliphatic carbocycles. The molecule has 0 aromatic carbocycles. The number of nitrogens with one attached hydrogen (secondary N) is 2. The topological polar surface area (TPSA) is 36.4 Å². The van der Waals surface area contributed by atoms with Crippen LogP contribution < -0.4 is 10.6 Å². The zero-order valence-electron chi connectivity index (χ0n) is 12.1. The highest BCUT2D eigenvalue weighted by molar-refractivity contribution is 7.11. The van der Waals surface area contributed by atoms with Gasteiger partial charge in [-0.3, -0.25) is 4.99 Å². The first-order valence-electron chi connectivity index (χ1n) is 6.72. The summed E-state index contributed by atoms with van der Waals surface area (Å²) in [5.41, 5.74) is 0. The Kier molecular flexibility index (Phi) is 5.61. The fraction of sp³-hybridized carbons (Fsp3) is 0.400. The highest BCUT2D eigenvalue weighted by Gasteiger charge is 2.07. The number of aliphatic imine (C=N–C) groups is 1. The van der Waals surface area contributed by atoms with E-state index in [1.807, 2.05) is 18.4 Å². The van der Waals surface area contributed by atoms with Crippen molar-refractivity contribution >= 4 is 28.6 Å². The number of nitrogens with zero attached hydrogens (tertiary/aromatic N) is 1. The first kappa shape index (κ1) is 15.1. The Bertz CT molecular complexity index is 543. The van der Waals surface area contributed by atoms with E-state index in [1.54, 1.807) is 11.3 Å². The van der Waals surface area contributed by atoms with Crippen LogP contribution in [0.5, 0.6) is 0 Å². The van der Waals surface area contributed by atoms with Gasteiger partial charge in [0.05, 0.1) is 6.54 Å². The maximum Gasteiger partial charge on any atom is 0.191 e. The molecule has 2 rings (SSSR count). The van der Waals surface area contributed by atoms with Crippen molar-refractivity contribution < 1.29 is 0 Å². The van der Waals surface area contributed by atoms with Gasteiger partial charge in [-0.25, -0.2) is 0 Å². The summed E-state index contributed by atoms with van der Waals surface area (Å²) < 4.78 is 0. The minimum Gasteiger partial charge on any atom is -0.354 e. The normalized spacial score (nSPS) is 13.2. The molecule has 0 fully saturated rings. The van der Waals surface area contributed by atoms with Gasteiger partial charge < -0.3 is 10.6 Å². The van der Waals surface area contributed by atoms with Crippen LogP contribution in [0, 0.1) is 6.92 Å². The van der Waals surface area contributed by atoms with Crippen molar-refractivity contribution in [2.75, 3.05) is 7.05 Å². The van der Waals surface area contributed by atoms with Gasteiger partial charge in [0.1, 0.15) is 0 Å². The van der Waals surface area contributed by atoms with E-state index in [4.69, 9.17) is 0 Å². The maximum atomic E-state index is 4.28. The second-order valence-corrected chi connectivity index (χ2v) is 7.17. The van der Waals surface area contributed by atoms with Gasteiger partial charge in [0.25, 0.3) is 0 Å². The molecule has 0 bridgehead atoms. The van der Waals surface area contributed by atoms with Gasteiger partial charge in [0.2, 0.25) is 0 Å². The van der Waals surface area contributed by atoms with Crippen molar-refractivity contribution in [3.8, 4) is 0 Å². The number of guanidine groups is 1. The molecule has 0 aliphatic heterocycles. The molecule has 108 valence electrons. The third-order valence-corrected chi connectivity index (χ3v) is 4.82. The molecule has 0 spiro atoms. The Morgan fingerprint density at radius 3 is 2.75 bits per heavy atom. The molecule has 0 saturated carbocycles. The molecule has 3 nitrogen and oxygen atoms in total. The summed E-state index contributed by atoms with van der Waals surface area (Å²) in [7, 11) is 1.81. The monoisotopic (exact) mass is 307 g/mol. The van der Waals surface area contributed by atoms with E-state index in [1.165, 1.54) is 14.6 Å². The minimum absolute atomic E-state index is 0.364. The Morgan fingerprint density at radius 2 is 2.15 bits per heavy atom. The molecule has 20 heavy (non-hydrogen) atoms. The van der Waals surface area contributed by atoms with Gasteiger partial charge in [0.15, 0.2) is 5.96 Å². The Labute approximate surface area is 128 Å². The molecule has 2 N–H and O–H groups in total. The van der Waals surface area contributed by atoms with Gasteiger partial charge in [-0.1, -0.05) is 6.07 Å². The molecule has 1 unspecified atom stereocenters. The highest BCUT2D eigenvalue weighted by atomic mass is 32.1. The van der Waals surface area contributed by atoms with Gasteiger partial charge in [-0.05, 0) is 37.4 Å². The summed E-state index contributed by atoms with van der Waals surface area (Å²) >= 11 is 3.62. The van der Waals surface area contributed by atoms with Gasteiger partial charge in [-0.15, -0.1) is 22.7 Å². The summed E-state index contributed by atoms with van der Waals surface area (Å²) in [6.45, 7) is 5.16. The van der Waals surface area contributed by atoms with Crippen LogP contribution in [0.2, 0.25) is 0 Å². The van der Waals surface area contributed by atoms with Crippen molar-refractivity contribution in [3.63, 3.8) is 0 Å². The lowest BCUT2D eigenvalue weighted by Crippen LogP contribution is -2.42. The number of thiophene rings is 2. The van der Waals surface area contributed by atoms with Crippen molar-refractivity contribution in [2.24, 2.45) is 4.99 Å². The SMILES string of the molecule is CN=C(NCc1cccs1)NC(C)Cc1ccc(C)s1. The van der Waals surface area contributed by atoms with Gasteiger partial charge >= 0.3 is 0 Å². The van der Waals surface area contributed by atoms with Crippen molar-refractivity contribution in [2.45, 2.75) is 32.9 Å². The summed E-state index contributed by atoms with van der Waals surface area (Å²) in [4.78, 5) is 8.37. The zero-order chi connectivity index (χ0) is 14.4. The minimum atomic E-state index is 0.364. The molecule has 1 atom stereocenters. The molecule has 5 heteroatoms. The van der Waals surface area contributed by atoms with Gasteiger partial charge in [0, 0.05) is 34.1 Å². The molecule has 2 heterocycles. The third-order valence-electron chi connectivity index (χ3n) is 2.92. The predicted molar refractivity (Wildman–Crippen MR) is 89.9 cm³/mol. The van der Waals surface area contributed by atoms with Crippen molar-refractivity contribution in [3.05, 3.63) is 44.3 Å². The second kappa shape index (κ2) is 7.45. The van der Waals surface area contributed by atoms with E-state index in [9.17, 15) is 0 Å². The number of hydrogen-bond donors (Lipinski definition) is 2. The van der Waals surface area contributed by atoms with E-state index < -0.39 is 0 Å². The van der Waals surface area contributed by atoms with Crippen LogP contribution in [0.15, 0.2) is 34.6 Å². The largest absolute Gasteiger partial charge is 0.354 e. The average molecular weight is 307 g/mol. The number of hydrogen-bond acceptors (Lipinski definition) is 3. The first-order chi connectivity index (χ1) is 9.67. The maximum absolute atomic E-state index is 4.28. The molecule has 2 aromatic heterocycles. The summed E-state index contributed by atoms with van der Waals surface area (Å²) in [6, 6.07) is 8.95. The molecule has 0 radical (unpaired) electrons. The second-order valence-electron chi connectivity index (χ2n) is 4.77. The Hall–Kier alpha value is -1.33. The Morgan fingerprint density at radius 1 is 1.30 bits per heavy atom. The lowest BCUT2D eigenvalue weighted by atomic mass is 10.2. The first-order valence-corrected chi connectivity index (χ1v) is 8.42. The van der Waals surface area contributed by atoms with Crippen LogP contribution in [0.3, 0.4) is 0 Å². The number of rotatable bonds is 5. The van der Waals surface area contributed by atoms with Crippen molar-refractivity contribution in [1.29, 1.82) is 0 Å². The van der Waals surface area contributed by atoms with E-state index in [-0.39, 0.29) is 0 Å². The lowest BCUT2D eigenvalue weighted by Gasteiger charge is -2.17. The smallest absolute Gasteiger partial charge is 0.191 e. The van der Waals surface area contributed by atoms with Crippen LogP contribution >= 0.6 is 22.7 Å². The molecular formula is C15H21N3S2. The fourth-order valence-electron chi connectivity index (χ4n) is 1.96. The van der Waals surface area contributed by atoms with Gasteiger partial charge in [-0.2, -0.15) is 0 Å². The zero-order valence-corrected chi connectivity index (χ0v) is 13.8. The molecule has 2 aromatic rings. The summed E-state index contributed by atoms with van der Waals surface area (Å²) in [6.07, 6.45) is 1.03.